The lowest BCUT2D eigenvalue weighted by atomic mass is 10.1. The summed E-state index contributed by atoms with van der Waals surface area (Å²) in [4.78, 5) is 27.9. The summed E-state index contributed by atoms with van der Waals surface area (Å²) in [6.07, 6.45) is 3.58. The Kier molecular flexibility index (Phi) is 5.21. The van der Waals surface area contributed by atoms with E-state index in [4.69, 9.17) is 0 Å². The number of aromatic nitrogens is 2. The predicted molar refractivity (Wildman–Crippen MR) is 84.1 cm³/mol. The summed E-state index contributed by atoms with van der Waals surface area (Å²) in [5.41, 5.74) is 1.00. The lowest BCUT2D eigenvalue weighted by Crippen LogP contribution is -2.42. The van der Waals surface area contributed by atoms with Gasteiger partial charge in [0, 0.05) is 33.3 Å². The maximum absolute atomic E-state index is 12.4. The minimum absolute atomic E-state index is 0.0583. The van der Waals surface area contributed by atoms with Crippen molar-refractivity contribution in [3.63, 3.8) is 0 Å². The van der Waals surface area contributed by atoms with Gasteiger partial charge in [-0.3, -0.25) is 14.3 Å². The van der Waals surface area contributed by atoms with E-state index in [0.717, 1.165) is 12.1 Å². The number of hydrogen-bond donors (Lipinski definition) is 0. The molecule has 0 N–H and O–H groups in total. The first-order valence-electron chi connectivity index (χ1n) is 7.88. The number of rotatable bonds is 5. The molecule has 2 heterocycles. The van der Waals surface area contributed by atoms with Crippen molar-refractivity contribution in [3.8, 4) is 0 Å². The molecule has 0 spiro atoms. The minimum Gasteiger partial charge on any atom is -0.349 e. The first-order valence-corrected chi connectivity index (χ1v) is 7.88. The molecule has 0 aliphatic carbocycles. The summed E-state index contributed by atoms with van der Waals surface area (Å²) in [5, 5.41) is 4.33. The smallest absolute Gasteiger partial charge is 0.224 e. The predicted octanol–water partition coefficient (Wildman–Crippen LogP) is 1.68. The monoisotopic (exact) mass is 306 g/mol. The Morgan fingerprint density at radius 3 is 2.77 bits per heavy atom. The Balaban J connectivity index is 2.08. The van der Waals surface area contributed by atoms with Crippen molar-refractivity contribution in [2.45, 2.75) is 45.7 Å². The van der Waals surface area contributed by atoms with Gasteiger partial charge in [-0.05, 0) is 18.4 Å². The average molecular weight is 306 g/mol. The standard InChI is InChI=1S/C16H26N4O2/c1-12(2)5-6-15(21)19-10-13-7-8-17-20(13)14(11-19)9-16(22)18(3)4/h7-8,12,14H,5-6,9-11H2,1-4H3/t14-/m1/s1. The van der Waals surface area contributed by atoms with E-state index in [-0.39, 0.29) is 17.9 Å². The molecule has 6 heteroatoms. The molecule has 0 saturated carbocycles. The minimum atomic E-state index is -0.0725. The van der Waals surface area contributed by atoms with Crippen molar-refractivity contribution >= 4 is 11.8 Å². The molecule has 0 unspecified atom stereocenters. The van der Waals surface area contributed by atoms with Gasteiger partial charge in [0.05, 0.1) is 24.7 Å². The van der Waals surface area contributed by atoms with Gasteiger partial charge < -0.3 is 9.80 Å². The van der Waals surface area contributed by atoms with E-state index in [0.29, 0.717) is 31.8 Å². The molecule has 0 radical (unpaired) electrons. The van der Waals surface area contributed by atoms with E-state index in [1.807, 2.05) is 15.6 Å². The first-order chi connectivity index (χ1) is 10.4. The van der Waals surface area contributed by atoms with Gasteiger partial charge in [0.2, 0.25) is 11.8 Å². The molecule has 6 nitrogen and oxygen atoms in total. The van der Waals surface area contributed by atoms with Crippen LogP contribution in [-0.4, -0.2) is 52.0 Å². The molecule has 0 aromatic carbocycles. The van der Waals surface area contributed by atoms with Gasteiger partial charge in [0.1, 0.15) is 0 Å². The number of fused-ring (bicyclic) bond motifs is 1. The van der Waals surface area contributed by atoms with E-state index in [9.17, 15) is 9.59 Å². The average Bonchev–Trinajstić information content (AvgIpc) is 2.92. The lowest BCUT2D eigenvalue weighted by molar-refractivity contribution is -0.136. The zero-order valence-electron chi connectivity index (χ0n) is 14.0. The Bertz CT molecular complexity index is 536. The van der Waals surface area contributed by atoms with Crippen LogP contribution in [0.2, 0.25) is 0 Å². The zero-order valence-corrected chi connectivity index (χ0v) is 14.0. The summed E-state index contributed by atoms with van der Waals surface area (Å²) in [5.74, 6) is 0.747. The van der Waals surface area contributed by atoms with Crippen molar-refractivity contribution < 1.29 is 9.59 Å². The topological polar surface area (TPSA) is 58.4 Å². The largest absolute Gasteiger partial charge is 0.349 e. The van der Waals surface area contributed by atoms with Crippen LogP contribution >= 0.6 is 0 Å². The van der Waals surface area contributed by atoms with E-state index < -0.39 is 0 Å². The number of nitrogens with zero attached hydrogens (tertiary/aromatic N) is 4. The molecule has 2 rings (SSSR count). The van der Waals surface area contributed by atoms with Crippen LogP contribution in [0.5, 0.6) is 0 Å². The number of carbonyl (C=O) groups is 2. The third kappa shape index (κ3) is 3.87. The zero-order chi connectivity index (χ0) is 16.3. The molecule has 22 heavy (non-hydrogen) atoms. The normalized spacial score (nSPS) is 17.5. The van der Waals surface area contributed by atoms with Crippen molar-refractivity contribution in [1.29, 1.82) is 0 Å². The quantitative estimate of drug-likeness (QED) is 0.831. The highest BCUT2D eigenvalue weighted by atomic mass is 16.2. The highest BCUT2D eigenvalue weighted by Gasteiger charge is 2.30. The van der Waals surface area contributed by atoms with Gasteiger partial charge in [-0.25, -0.2) is 0 Å². The highest BCUT2D eigenvalue weighted by Crippen LogP contribution is 2.24. The van der Waals surface area contributed by atoms with Crippen LogP contribution < -0.4 is 0 Å². The third-order valence-corrected chi connectivity index (χ3v) is 4.08. The Labute approximate surface area is 132 Å². The van der Waals surface area contributed by atoms with Gasteiger partial charge in [-0.1, -0.05) is 13.8 Å². The fourth-order valence-electron chi connectivity index (χ4n) is 2.68. The summed E-state index contributed by atoms with van der Waals surface area (Å²) in [6.45, 7) is 5.39. The fraction of sp³-hybridized carbons (Fsp3) is 0.688. The summed E-state index contributed by atoms with van der Waals surface area (Å²) in [6, 6.07) is 1.85. The van der Waals surface area contributed by atoms with Gasteiger partial charge >= 0.3 is 0 Å². The van der Waals surface area contributed by atoms with Crippen molar-refractivity contribution in [2.75, 3.05) is 20.6 Å². The third-order valence-electron chi connectivity index (χ3n) is 4.08. The Morgan fingerprint density at radius 2 is 2.14 bits per heavy atom. The fourth-order valence-corrected chi connectivity index (χ4v) is 2.68. The number of hydrogen-bond acceptors (Lipinski definition) is 3. The summed E-state index contributed by atoms with van der Waals surface area (Å²) >= 11 is 0. The van der Waals surface area contributed by atoms with Crippen molar-refractivity contribution in [3.05, 3.63) is 18.0 Å². The highest BCUT2D eigenvalue weighted by molar-refractivity contribution is 5.77. The number of carbonyl (C=O) groups excluding carboxylic acids is 2. The van der Waals surface area contributed by atoms with Crippen LogP contribution in [0.3, 0.4) is 0 Å². The van der Waals surface area contributed by atoms with E-state index in [1.165, 1.54) is 0 Å². The lowest BCUT2D eigenvalue weighted by Gasteiger charge is -2.34. The molecular weight excluding hydrogens is 280 g/mol. The van der Waals surface area contributed by atoms with E-state index in [2.05, 4.69) is 18.9 Å². The van der Waals surface area contributed by atoms with Crippen LogP contribution in [0.15, 0.2) is 12.3 Å². The SMILES string of the molecule is CC(C)CCC(=O)N1Cc2ccnn2[C@H](CC(=O)N(C)C)C1. The van der Waals surface area contributed by atoms with Crippen LogP contribution in [-0.2, 0) is 16.1 Å². The molecule has 1 aliphatic heterocycles. The molecule has 0 bridgehead atoms. The van der Waals surface area contributed by atoms with Crippen LogP contribution in [0.25, 0.3) is 0 Å². The molecule has 1 atom stereocenters. The second kappa shape index (κ2) is 6.94. The molecule has 1 aromatic rings. The second-order valence-electron chi connectivity index (χ2n) is 6.62. The van der Waals surface area contributed by atoms with Gasteiger partial charge in [0.25, 0.3) is 0 Å². The van der Waals surface area contributed by atoms with Gasteiger partial charge in [0.15, 0.2) is 0 Å². The maximum Gasteiger partial charge on any atom is 0.224 e. The molecular formula is C16H26N4O2. The van der Waals surface area contributed by atoms with E-state index in [1.54, 1.807) is 25.2 Å². The van der Waals surface area contributed by atoms with Crippen LogP contribution in [0, 0.1) is 5.92 Å². The van der Waals surface area contributed by atoms with Gasteiger partial charge in [-0.15, -0.1) is 0 Å². The van der Waals surface area contributed by atoms with Crippen LogP contribution in [0.4, 0.5) is 0 Å². The summed E-state index contributed by atoms with van der Waals surface area (Å²) in [7, 11) is 3.50. The molecule has 1 aliphatic rings. The Morgan fingerprint density at radius 1 is 1.41 bits per heavy atom. The number of amides is 2. The van der Waals surface area contributed by atoms with Gasteiger partial charge in [-0.2, -0.15) is 5.10 Å². The molecule has 0 fully saturated rings. The van der Waals surface area contributed by atoms with E-state index >= 15 is 0 Å². The second-order valence-corrected chi connectivity index (χ2v) is 6.62. The maximum atomic E-state index is 12.4. The Hall–Kier alpha value is -1.85. The molecule has 2 amide bonds. The van der Waals surface area contributed by atoms with Crippen molar-refractivity contribution in [2.24, 2.45) is 5.92 Å². The molecule has 1 aromatic heterocycles. The van der Waals surface area contributed by atoms with Crippen LogP contribution in [0.1, 0.15) is 44.8 Å². The molecule has 0 saturated heterocycles. The summed E-state index contributed by atoms with van der Waals surface area (Å²) < 4.78 is 1.90. The first kappa shape index (κ1) is 16.5. The van der Waals surface area contributed by atoms with Crippen molar-refractivity contribution in [1.82, 2.24) is 19.6 Å². The molecule has 122 valence electrons.